The van der Waals surface area contributed by atoms with Gasteiger partial charge >= 0.3 is 0 Å². The lowest BCUT2D eigenvalue weighted by atomic mass is 9.95. The number of rotatable bonds is 9. The predicted octanol–water partition coefficient (Wildman–Crippen LogP) is 6.19. The SMILES string of the molecule is COc1ccc(C2C(C(=O)c3ccc(C)o3)=C(O)C(=O)N2c2nnc(SCc3ccccc3Cl)s2)cc1OC. The van der Waals surface area contributed by atoms with E-state index in [0.29, 0.717) is 37.9 Å². The van der Waals surface area contributed by atoms with Crippen molar-refractivity contribution in [2.45, 2.75) is 23.1 Å². The number of nitrogens with zero attached hydrogens (tertiary/aromatic N) is 3. The number of thioether (sulfide) groups is 1. The van der Waals surface area contributed by atoms with Gasteiger partial charge in [-0.2, -0.15) is 0 Å². The second kappa shape index (κ2) is 11.1. The van der Waals surface area contributed by atoms with Gasteiger partial charge in [-0.15, -0.1) is 10.2 Å². The molecule has 3 heterocycles. The van der Waals surface area contributed by atoms with Crippen molar-refractivity contribution in [1.29, 1.82) is 0 Å². The van der Waals surface area contributed by atoms with Gasteiger partial charge in [-0.25, -0.2) is 0 Å². The zero-order valence-electron chi connectivity index (χ0n) is 21.0. The predicted molar refractivity (Wildman–Crippen MR) is 148 cm³/mol. The number of aliphatic hydroxyl groups is 1. The Morgan fingerprint density at radius 2 is 1.90 bits per heavy atom. The molecule has 0 aliphatic carbocycles. The number of carbonyl (C=O) groups is 2. The number of carbonyl (C=O) groups excluding carboxylic acids is 2. The van der Waals surface area contributed by atoms with Crippen LogP contribution in [-0.2, 0) is 10.5 Å². The summed E-state index contributed by atoms with van der Waals surface area (Å²) in [6, 6.07) is 14.6. The molecule has 0 radical (unpaired) electrons. The molecule has 0 spiro atoms. The molecule has 1 amide bonds. The number of aryl methyl sites for hydroxylation is 1. The summed E-state index contributed by atoms with van der Waals surface area (Å²) in [5.41, 5.74) is 1.29. The fraction of sp³-hybridized carbons (Fsp3) is 0.185. The Kier molecular flexibility index (Phi) is 7.65. The topological polar surface area (TPSA) is 115 Å². The number of amides is 1. The highest BCUT2D eigenvalue weighted by atomic mass is 35.5. The van der Waals surface area contributed by atoms with E-state index in [1.54, 1.807) is 31.2 Å². The molecule has 2 aromatic carbocycles. The van der Waals surface area contributed by atoms with Crippen molar-refractivity contribution in [2.75, 3.05) is 19.1 Å². The number of Topliss-reactive ketones (excluding diaryl/α,β-unsaturated/α-hetero) is 1. The number of hydrogen-bond acceptors (Lipinski definition) is 10. The molecule has 9 nitrogen and oxygen atoms in total. The molecule has 4 aromatic rings. The van der Waals surface area contributed by atoms with Crippen molar-refractivity contribution < 1.29 is 28.6 Å². The Bertz CT molecular complexity index is 1600. The number of benzene rings is 2. The van der Waals surface area contributed by atoms with Crippen LogP contribution in [-0.4, -0.2) is 41.2 Å². The molecule has 200 valence electrons. The van der Waals surface area contributed by atoms with Crippen molar-refractivity contribution in [2.24, 2.45) is 0 Å². The van der Waals surface area contributed by atoms with E-state index in [1.807, 2.05) is 24.3 Å². The van der Waals surface area contributed by atoms with Gasteiger partial charge in [0.05, 0.1) is 25.8 Å². The molecule has 2 aromatic heterocycles. The molecule has 0 saturated heterocycles. The van der Waals surface area contributed by atoms with Crippen LogP contribution < -0.4 is 14.4 Å². The Morgan fingerprint density at radius 1 is 1.13 bits per heavy atom. The third kappa shape index (κ3) is 5.12. The molecular formula is C27H22ClN3O6S2. The van der Waals surface area contributed by atoms with E-state index < -0.39 is 23.5 Å². The standard InChI is InChI=1S/C27H22ClN3O6S2/c1-14-8-10-19(37-14)23(32)21-22(15-9-11-18(35-2)20(12-15)36-3)31(25(34)24(21)33)26-29-30-27(39-26)38-13-16-6-4-5-7-17(16)28/h4-12,22,33H,13H2,1-3H3. The number of ketones is 1. The minimum absolute atomic E-state index is 0.00225. The Morgan fingerprint density at radius 3 is 2.59 bits per heavy atom. The van der Waals surface area contributed by atoms with Crippen LogP contribution in [0.25, 0.3) is 0 Å². The Labute approximate surface area is 237 Å². The summed E-state index contributed by atoms with van der Waals surface area (Å²) in [4.78, 5) is 28.3. The van der Waals surface area contributed by atoms with E-state index in [9.17, 15) is 14.7 Å². The van der Waals surface area contributed by atoms with Crippen molar-refractivity contribution in [1.82, 2.24) is 10.2 Å². The zero-order chi connectivity index (χ0) is 27.7. The van der Waals surface area contributed by atoms with E-state index in [-0.39, 0.29) is 16.5 Å². The highest BCUT2D eigenvalue weighted by Crippen LogP contribution is 2.45. The third-order valence-corrected chi connectivity index (χ3v) is 8.52. The van der Waals surface area contributed by atoms with Crippen LogP contribution in [0.5, 0.6) is 11.5 Å². The maximum absolute atomic E-state index is 13.6. The second-order valence-corrected chi connectivity index (χ2v) is 11.0. The van der Waals surface area contributed by atoms with Crippen LogP contribution in [0.15, 0.2) is 74.7 Å². The first kappa shape index (κ1) is 26.8. The number of aromatic nitrogens is 2. The van der Waals surface area contributed by atoms with Crippen LogP contribution in [0.1, 0.15) is 33.5 Å². The lowest BCUT2D eigenvalue weighted by Crippen LogP contribution is -2.31. The molecule has 0 bridgehead atoms. The molecule has 1 N–H and O–H groups in total. The molecule has 12 heteroatoms. The quantitative estimate of drug-likeness (QED) is 0.140. The van der Waals surface area contributed by atoms with E-state index in [0.717, 1.165) is 5.56 Å². The zero-order valence-corrected chi connectivity index (χ0v) is 23.4. The number of aliphatic hydroxyl groups excluding tert-OH is 1. The number of furan rings is 1. The van der Waals surface area contributed by atoms with Gasteiger partial charge in [0.1, 0.15) is 5.76 Å². The largest absolute Gasteiger partial charge is 0.503 e. The van der Waals surface area contributed by atoms with Crippen LogP contribution in [0, 0.1) is 6.92 Å². The van der Waals surface area contributed by atoms with Crippen molar-refractivity contribution in [3.05, 3.63) is 93.6 Å². The highest BCUT2D eigenvalue weighted by Gasteiger charge is 2.47. The number of hydrogen-bond donors (Lipinski definition) is 1. The molecule has 1 aliphatic rings. The van der Waals surface area contributed by atoms with Gasteiger partial charge < -0.3 is 19.0 Å². The first-order valence-electron chi connectivity index (χ1n) is 11.6. The first-order valence-corrected chi connectivity index (χ1v) is 13.8. The number of halogens is 1. The van der Waals surface area contributed by atoms with Crippen molar-refractivity contribution in [3.8, 4) is 11.5 Å². The number of anilines is 1. The average molecular weight is 584 g/mol. The summed E-state index contributed by atoms with van der Waals surface area (Å²) < 4.78 is 16.9. The molecule has 0 fully saturated rings. The molecule has 1 unspecified atom stereocenters. The van der Waals surface area contributed by atoms with Crippen LogP contribution in [0.3, 0.4) is 0 Å². The monoisotopic (exact) mass is 583 g/mol. The van der Waals surface area contributed by atoms with Gasteiger partial charge in [-0.05, 0) is 48.4 Å². The summed E-state index contributed by atoms with van der Waals surface area (Å²) in [5.74, 6) is -0.152. The summed E-state index contributed by atoms with van der Waals surface area (Å²) >= 11 is 8.85. The average Bonchev–Trinajstić information content (AvgIpc) is 3.66. The van der Waals surface area contributed by atoms with Gasteiger partial charge in [0.25, 0.3) is 5.91 Å². The maximum Gasteiger partial charge on any atom is 0.296 e. The van der Waals surface area contributed by atoms with Gasteiger partial charge in [0, 0.05) is 10.8 Å². The number of methoxy groups -OCH3 is 2. The van der Waals surface area contributed by atoms with Crippen LogP contribution in [0.2, 0.25) is 5.02 Å². The van der Waals surface area contributed by atoms with Gasteiger partial charge in [-0.3, -0.25) is 14.5 Å². The molecule has 0 saturated carbocycles. The van der Waals surface area contributed by atoms with Gasteiger partial charge in [0.15, 0.2) is 27.4 Å². The maximum atomic E-state index is 13.6. The Hall–Kier alpha value is -3.80. The smallest absolute Gasteiger partial charge is 0.296 e. The minimum atomic E-state index is -1.02. The fourth-order valence-electron chi connectivity index (χ4n) is 4.18. The lowest BCUT2D eigenvalue weighted by Gasteiger charge is -2.24. The summed E-state index contributed by atoms with van der Waals surface area (Å²) in [5, 5.41) is 20.3. The van der Waals surface area contributed by atoms with Crippen molar-refractivity contribution in [3.63, 3.8) is 0 Å². The summed E-state index contributed by atoms with van der Waals surface area (Å²) in [6.45, 7) is 1.70. The number of ether oxygens (including phenoxy) is 2. The molecule has 1 aliphatic heterocycles. The third-order valence-electron chi connectivity index (χ3n) is 6.05. The van der Waals surface area contributed by atoms with Crippen LogP contribution in [0.4, 0.5) is 5.13 Å². The summed E-state index contributed by atoms with van der Waals surface area (Å²) in [6.07, 6.45) is 0. The van der Waals surface area contributed by atoms with E-state index >= 15 is 0 Å². The van der Waals surface area contributed by atoms with Crippen molar-refractivity contribution >= 4 is 51.5 Å². The lowest BCUT2D eigenvalue weighted by molar-refractivity contribution is -0.117. The first-order chi connectivity index (χ1) is 18.8. The van der Waals surface area contributed by atoms with Gasteiger partial charge in [0.2, 0.25) is 10.9 Å². The minimum Gasteiger partial charge on any atom is -0.503 e. The molecular weight excluding hydrogens is 562 g/mol. The normalized spacial score (nSPS) is 15.2. The highest BCUT2D eigenvalue weighted by molar-refractivity contribution is 8.00. The Balaban J connectivity index is 1.54. The van der Waals surface area contributed by atoms with E-state index in [4.69, 9.17) is 25.5 Å². The van der Waals surface area contributed by atoms with Gasteiger partial charge in [-0.1, -0.05) is 59.0 Å². The molecule has 1 atom stereocenters. The molecule has 39 heavy (non-hydrogen) atoms. The fourth-order valence-corrected chi connectivity index (χ4v) is 6.33. The molecule has 5 rings (SSSR count). The van der Waals surface area contributed by atoms with Crippen LogP contribution >= 0.6 is 34.7 Å². The van der Waals surface area contributed by atoms with E-state index in [2.05, 4.69) is 10.2 Å². The van der Waals surface area contributed by atoms with E-state index in [1.165, 1.54) is 48.3 Å². The second-order valence-electron chi connectivity index (χ2n) is 8.42. The summed E-state index contributed by atoms with van der Waals surface area (Å²) in [7, 11) is 2.99.